The molecule has 0 aliphatic heterocycles. The molecule has 1 heteroatoms. The van der Waals surface area contributed by atoms with E-state index in [9.17, 15) is 0 Å². The molecule has 26 heavy (non-hydrogen) atoms. The molecule has 2 aliphatic carbocycles. The largest absolute Gasteiger partial charge is 0.0843 e. The van der Waals surface area contributed by atoms with Crippen LogP contribution in [-0.4, -0.2) is 0 Å². The summed E-state index contributed by atoms with van der Waals surface area (Å²) in [4.78, 5) is 0. The number of fused-ring (bicyclic) bond motifs is 5. The standard InChI is InChI=1S/C25H21Cl/c1-16-20-14-18(26)12-13-23(20)25(2)22-11-7-6-10-19(22)21(15-24(16)25)17-8-4-3-5-9-17/h3-16,24H,1-2H3/t16-,24+,25-/m1/s1. The van der Waals surface area contributed by atoms with E-state index in [2.05, 4.69) is 86.7 Å². The second kappa shape index (κ2) is 5.59. The Balaban J connectivity index is 1.81. The van der Waals surface area contributed by atoms with Crippen LogP contribution in [0.5, 0.6) is 0 Å². The highest BCUT2D eigenvalue weighted by molar-refractivity contribution is 6.30. The van der Waals surface area contributed by atoms with E-state index in [0.29, 0.717) is 11.8 Å². The van der Waals surface area contributed by atoms with Gasteiger partial charge in [-0.2, -0.15) is 0 Å². The average molecular weight is 357 g/mol. The molecule has 0 saturated heterocycles. The topological polar surface area (TPSA) is 0 Å². The van der Waals surface area contributed by atoms with Crippen molar-refractivity contribution in [2.45, 2.75) is 25.2 Å². The zero-order valence-corrected chi connectivity index (χ0v) is 15.8. The molecule has 0 N–H and O–H groups in total. The van der Waals surface area contributed by atoms with Crippen LogP contribution in [0.15, 0.2) is 78.9 Å². The van der Waals surface area contributed by atoms with E-state index < -0.39 is 0 Å². The fourth-order valence-corrected chi connectivity index (χ4v) is 5.38. The Bertz CT molecular complexity index is 1030. The molecule has 0 spiro atoms. The van der Waals surface area contributed by atoms with Crippen LogP contribution < -0.4 is 0 Å². The van der Waals surface area contributed by atoms with Crippen LogP contribution in [0.4, 0.5) is 0 Å². The predicted octanol–water partition coefficient (Wildman–Crippen LogP) is 6.82. The van der Waals surface area contributed by atoms with Gasteiger partial charge < -0.3 is 0 Å². The van der Waals surface area contributed by atoms with Gasteiger partial charge in [0, 0.05) is 10.4 Å². The van der Waals surface area contributed by atoms with Gasteiger partial charge in [-0.25, -0.2) is 0 Å². The number of allylic oxidation sites excluding steroid dienone is 1. The van der Waals surface area contributed by atoms with Gasteiger partial charge in [-0.3, -0.25) is 0 Å². The molecule has 0 unspecified atom stereocenters. The van der Waals surface area contributed by atoms with Crippen molar-refractivity contribution in [2.75, 3.05) is 0 Å². The third-order valence-corrected chi connectivity index (χ3v) is 6.71. The third kappa shape index (κ3) is 2.03. The van der Waals surface area contributed by atoms with E-state index >= 15 is 0 Å². The van der Waals surface area contributed by atoms with Crippen molar-refractivity contribution < 1.29 is 0 Å². The fraction of sp³-hybridized carbons (Fsp3) is 0.200. The molecule has 3 aromatic carbocycles. The van der Waals surface area contributed by atoms with E-state index in [1.165, 1.54) is 33.4 Å². The van der Waals surface area contributed by atoms with Gasteiger partial charge in [0.1, 0.15) is 0 Å². The summed E-state index contributed by atoms with van der Waals surface area (Å²) in [5, 5.41) is 0.832. The summed E-state index contributed by atoms with van der Waals surface area (Å²) in [5.74, 6) is 0.877. The minimum Gasteiger partial charge on any atom is -0.0843 e. The summed E-state index contributed by atoms with van der Waals surface area (Å²) < 4.78 is 0. The lowest BCUT2D eigenvalue weighted by molar-refractivity contribution is 0.406. The van der Waals surface area contributed by atoms with Gasteiger partial charge in [0.25, 0.3) is 0 Å². The summed E-state index contributed by atoms with van der Waals surface area (Å²) >= 11 is 6.34. The second-order valence-electron chi connectivity index (χ2n) is 7.74. The Morgan fingerprint density at radius 3 is 2.38 bits per heavy atom. The predicted molar refractivity (Wildman–Crippen MR) is 110 cm³/mol. The van der Waals surface area contributed by atoms with Crippen LogP contribution in [0.2, 0.25) is 5.02 Å². The normalized spacial score (nSPS) is 25.9. The second-order valence-corrected chi connectivity index (χ2v) is 8.18. The molecule has 0 aromatic heterocycles. The molecular formula is C25H21Cl. The van der Waals surface area contributed by atoms with Gasteiger partial charge in [0.05, 0.1) is 0 Å². The molecule has 0 radical (unpaired) electrons. The van der Waals surface area contributed by atoms with Crippen LogP contribution in [0.1, 0.15) is 47.6 Å². The van der Waals surface area contributed by atoms with Gasteiger partial charge in [-0.1, -0.05) is 92.2 Å². The fourth-order valence-electron chi connectivity index (χ4n) is 5.20. The van der Waals surface area contributed by atoms with Crippen molar-refractivity contribution in [3.05, 3.63) is 112 Å². The van der Waals surface area contributed by atoms with Crippen molar-refractivity contribution >= 4 is 17.2 Å². The monoisotopic (exact) mass is 356 g/mol. The van der Waals surface area contributed by atoms with E-state index in [-0.39, 0.29) is 5.41 Å². The maximum absolute atomic E-state index is 6.34. The molecule has 128 valence electrons. The van der Waals surface area contributed by atoms with Crippen molar-refractivity contribution in [1.82, 2.24) is 0 Å². The smallest absolute Gasteiger partial charge is 0.0409 e. The Labute approximate surface area is 160 Å². The highest BCUT2D eigenvalue weighted by Crippen LogP contribution is 2.59. The highest BCUT2D eigenvalue weighted by Gasteiger charge is 2.50. The van der Waals surface area contributed by atoms with E-state index in [1.807, 2.05) is 6.07 Å². The summed E-state index contributed by atoms with van der Waals surface area (Å²) in [5.41, 5.74) is 8.25. The number of hydrogen-bond donors (Lipinski definition) is 0. The minimum atomic E-state index is -0.00574. The molecule has 3 aromatic rings. The van der Waals surface area contributed by atoms with E-state index in [1.54, 1.807) is 0 Å². The van der Waals surface area contributed by atoms with Gasteiger partial charge in [0.2, 0.25) is 0 Å². The Morgan fingerprint density at radius 2 is 1.58 bits per heavy atom. The average Bonchev–Trinajstić information content (AvgIpc) is 2.89. The number of hydrogen-bond acceptors (Lipinski definition) is 0. The first-order valence-electron chi connectivity index (χ1n) is 9.28. The van der Waals surface area contributed by atoms with Crippen molar-refractivity contribution in [1.29, 1.82) is 0 Å². The third-order valence-electron chi connectivity index (χ3n) is 6.48. The summed E-state index contributed by atoms with van der Waals surface area (Å²) in [7, 11) is 0. The lowest BCUT2D eigenvalue weighted by Crippen LogP contribution is -2.33. The zero-order valence-electron chi connectivity index (χ0n) is 15.0. The molecule has 3 atom stereocenters. The number of benzene rings is 3. The molecule has 0 nitrogen and oxygen atoms in total. The van der Waals surface area contributed by atoms with Gasteiger partial charge in [-0.05, 0) is 57.4 Å². The molecule has 0 fully saturated rings. The minimum absolute atomic E-state index is 0.00574. The summed E-state index contributed by atoms with van der Waals surface area (Å²) in [6.07, 6.45) is 2.51. The van der Waals surface area contributed by atoms with Crippen LogP contribution in [0.25, 0.3) is 5.57 Å². The van der Waals surface area contributed by atoms with Crippen LogP contribution in [0, 0.1) is 5.92 Å². The number of rotatable bonds is 1. The first kappa shape index (κ1) is 15.9. The molecule has 0 heterocycles. The van der Waals surface area contributed by atoms with Crippen molar-refractivity contribution in [3.63, 3.8) is 0 Å². The summed E-state index contributed by atoms with van der Waals surface area (Å²) in [6.45, 7) is 4.75. The quantitative estimate of drug-likeness (QED) is 0.448. The van der Waals surface area contributed by atoms with Crippen LogP contribution >= 0.6 is 11.6 Å². The maximum Gasteiger partial charge on any atom is 0.0409 e. The number of halogens is 1. The molecule has 0 amide bonds. The SMILES string of the molecule is C[C@@H]1c2cc(Cl)ccc2[C@@]2(C)c3ccccc3C(c3ccccc3)=C[C@@H]12. The Morgan fingerprint density at radius 1 is 0.846 bits per heavy atom. The zero-order chi connectivity index (χ0) is 17.9. The van der Waals surface area contributed by atoms with Gasteiger partial charge in [0.15, 0.2) is 0 Å². The molecular weight excluding hydrogens is 336 g/mol. The Hall–Kier alpha value is -2.31. The van der Waals surface area contributed by atoms with E-state index in [4.69, 9.17) is 11.6 Å². The lowest BCUT2D eigenvalue weighted by Gasteiger charge is -2.39. The summed E-state index contributed by atoms with van der Waals surface area (Å²) in [6, 6.07) is 26.1. The van der Waals surface area contributed by atoms with E-state index in [0.717, 1.165) is 5.02 Å². The molecule has 0 bridgehead atoms. The first-order valence-corrected chi connectivity index (χ1v) is 9.65. The lowest BCUT2D eigenvalue weighted by atomic mass is 9.63. The maximum atomic E-state index is 6.34. The van der Waals surface area contributed by atoms with Gasteiger partial charge >= 0.3 is 0 Å². The van der Waals surface area contributed by atoms with Gasteiger partial charge in [-0.15, -0.1) is 0 Å². The van der Waals surface area contributed by atoms with Crippen LogP contribution in [0.3, 0.4) is 0 Å². The van der Waals surface area contributed by atoms with Crippen molar-refractivity contribution in [3.8, 4) is 0 Å². The highest BCUT2D eigenvalue weighted by atomic mass is 35.5. The molecule has 5 rings (SSSR count). The first-order chi connectivity index (χ1) is 12.6. The molecule has 2 aliphatic rings. The van der Waals surface area contributed by atoms with Crippen LogP contribution in [-0.2, 0) is 5.41 Å². The molecule has 0 saturated carbocycles. The van der Waals surface area contributed by atoms with Crippen molar-refractivity contribution in [2.24, 2.45) is 5.92 Å². The Kier molecular flexibility index (Phi) is 3.42.